The Balaban J connectivity index is 2.44. The van der Waals surface area contributed by atoms with Gasteiger partial charge in [-0.05, 0) is 26.0 Å². The van der Waals surface area contributed by atoms with Crippen LogP contribution in [0.15, 0.2) is 28.8 Å². The molecule has 0 bridgehead atoms. The Morgan fingerprint density at radius 1 is 1.41 bits per heavy atom. The molecule has 0 aliphatic heterocycles. The summed E-state index contributed by atoms with van der Waals surface area (Å²) in [5, 5.41) is 0. The van der Waals surface area contributed by atoms with E-state index in [4.69, 9.17) is 14.9 Å². The summed E-state index contributed by atoms with van der Waals surface area (Å²) in [6.07, 6.45) is 1.68. The Hall–Kier alpha value is -1.81. The van der Waals surface area contributed by atoms with Gasteiger partial charge in [0, 0.05) is 0 Å². The molecular weight excluding hydrogens is 216 g/mol. The molecule has 4 heteroatoms. The molecule has 0 unspecified atom stereocenters. The first kappa shape index (κ1) is 11.7. The number of ether oxygens (including phenoxy) is 1. The first-order valence-corrected chi connectivity index (χ1v) is 5.63. The van der Waals surface area contributed by atoms with E-state index in [0.29, 0.717) is 24.8 Å². The van der Waals surface area contributed by atoms with Gasteiger partial charge in [0.25, 0.3) is 0 Å². The fraction of sp³-hybridized carbons (Fsp3) is 0.308. The maximum Gasteiger partial charge on any atom is 0.208 e. The minimum Gasteiger partial charge on any atom is -0.493 e. The molecule has 17 heavy (non-hydrogen) atoms. The van der Waals surface area contributed by atoms with Gasteiger partial charge in [0.1, 0.15) is 5.75 Å². The number of oxazole rings is 1. The summed E-state index contributed by atoms with van der Waals surface area (Å²) in [6.45, 7) is 4.90. The Morgan fingerprint density at radius 3 is 2.88 bits per heavy atom. The molecule has 2 rings (SSSR count). The minimum absolute atomic E-state index is 0.301. The van der Waals surface area contributed by atoms with Crippen molar-refractivity contribution in [1.82, 2.24) is 4.98 Å². The predicted molar refractivity (Wildman–Crippen MR) is 65.7 cm³/mol. The van der Waals surface area contributed by atoms with E-state index in [1.54, 1.807) is 6.20 Å². The fourth-order valence-corrected chi connectivity index (χ4v) is 1.65. The summed E-state index contributed by atoms with van der Waals surface area (Å²) in [5.74, 6) is 2.03. The lowest BCUT2D eigenvalue weighted by Crippen LogP contribution is -1.95. The summed E-state index contributed by atoms with van der Waals surface area (Å²) in [4.78, 5) is 4.09. The zero-order valence-corrected chi connectivity index (χ0v) is 10.1. The molecule has 0 radical (unpaired) electrons. The van der Waals surface area contributed by atoms with Crippen LogP contribution in [0.4, 0.5) is 0 Å². The van der Waals surface area contributed by atoms with Gasteiger partial charge >= 0.3 is 0 Å². The molecule has 1 aromatic carbocycles. The van der Waals surface area contributed by atoms with Crippen LogP contribution in [0.25, 0.3) is 11.3 Å². The van der Waals surface area contributed by atoms with Gasteiger partial charge in [-0.2, -0.15) is 0 Å². The summed E-state index contributed by atoms with van der Waals surface area (Å²) in [5.41, 5.74) is 7.54. The Labute approximate surface area is 100 Å². The van der Waals surface area contributed by atoms with Crippen molar-refractivity contribution >= 4 is 0 Å². The number of nitrogens with two attached hydrogens (primary N) is 1. The molecule has 0 fully saturated rings. The third-order valence-electron chi connectivity index (χ3n) is 2.43. The van der Waals surface area contributed by atoms with Gasteiger partial charge in [-0.3, -0.25) is 0 Å². The molecule has 4 nitrogen and oxygen atoms in total. The second-order valence-corrected chi connectivity index (χ2v) is 3.76. The zero-order chi connectivity index (χ0) is 12.3. The van der Waals surface area contributed by atoms with Crippen LogP contribution in [0.3, 0.4) is 0 Å². The number of aromatic nitrogens is 1. The van der Waals surface area contributed by atoms with Crippen LogP contribution < -0.4 is 10.5 Å². The van der Waals surface area contributed by atoms with Gasteiger partial charge in [0.15, 0.2) is 5.76 Å². The predicted octanol–water partition coefficient (Wildman–Crippen LogP) is 2.51. The average Bonchev–Trinajstić information content (AvgIpc) is 2.80. The van der Waals surface area contributed by atoms with Gasteiger partial charge in [-0.1, -0.05) is 11.6 Å². The summed E-state index contributed by atoms with van der Waals surface area (Å²) >= 11 is 0. The van der Waals surface area contributed by atoms with E-state index >= 15 is 0 Å². The van der Waals surface area contributed by atoms with Crippen molar-refractivity contribution < 1.29 is 9.15 Å². The lowest BCUT2D eigenvalue weighted by atomic mass is 10.1. The Bertz CT molecular complexity index is 506. The first-order chi connectivity index (χ1) is 8.24. The summed E-state index contributed by atoms with van der Waals surface area (Å²) in [6, 6.07) is 5.97. The van der Waals surface area contributed by atoms with Crippen LogP contribution in [-0.2, 0) is 6.54 Å². The van der Waals surface area contributed by atoms with Crippen molar-refractivity contribution in [2.45, 2.75) is 20.4 Å². The van der Waals surface area contributed by atoms with E-state index in [2.05, 4.69) is 4.98 Å². The van der Waals surface area contributed by atoms with E-state index in [-0.39, 0.29) is 0 Å². The normalized spacial score (nSPS) is 10.5. The number of hydrogen-bond acceptors (Lipinski definition) is 4. The smallest absolute Gasteiger partial charge is 0.208 e. The van der Waals surface area contributed by atoms with Crippen molar-refractivity contribution in [3.63, 3.8) is 0 Å². The SMILES string of the molecule is CCOc1ccc(C)cc1-c1cnc(CN)o1. The second kappa shape index (κ2) is 5.01. The Morgan fingerprint density at radius 2 is 2.24 bits per heavy atom. The van der Waals surface area contributed by atoms with Crippen LogP contribution in [0.1, 0.15) is 18.4 Å². The largest absolute Gasteiger partial charge is 0.493 e. The number of aryl methyl sites for hydroxylation is 1. The van der Waals surface area contributed by atoms with Crippen molar-refractivity contribution in [2.24, 2.45) is 5.73 Å². The van der Waals surface area contributed by atoms with Gasteiger partial charge < -0.3 is 14.9 Å². The molecule has 2 N–H and O–H groups in total. The molecule has 0 saturated heterocycles. The zero-order valence-electron chi connectivity index (χ0n) is 10.1. The van der Waals surface area contributed by atoms with Gasteiger partial charge in [0.05, 0.1) is 24.9 Å². The van der Waals surface area contributed by atoms with Crippen LogP contribution in [0.5, 0.6) is 5.75 Å². The highest BCUT2D eigenvalue weighted by Gasteiger charge is 2.11. The topological polar surface area (TPSA) is 61.3 Å². The molecule has 0 atom stereocenters. The van der Waals surface area contributed by atoms with Gasteiger partial charge in [0.2, 0.25) is 5.89 Å². The molecule has 2 aromatic rings. The molecule has 90 valence electrons. The summed E-state index contributed by atoms with van der Waals surface area (Å²) in [7, 11) is 0. The number of nitrogens with zero attached hydrogens (tertiary/aromatic N) is 1. The lowest BCUT2D eigenvalue weighted by molar-refractivity contribution is 0.340. The van der Waals surface area contributed by atoms with Crippen LogP contribution >= 0.6 is 0 Å². The highest BCUT2D eigenvalue weighted by molar-refractivity contribution is 5.66. The van der Waals surface area contributed by atoms with Gasteiger partial charge in [-0.15, -0.1) is 0 Å². The van der Waals surface area contributed by atoms with Crippen molar-refractivity contribution in [3.05, 3.63) is 35.9 Å². The van der Waals surface area contributed by atoms with Crippen LogP contribution in [-0.4, -0.2) is 11.6 Å². The molecule has 1 aromatic heterocycles. The van der Waals surface area contributed by atoms with E-state index in [1.165, 1.54) is 0 Å². The molecular formula is C13H16N2O2. The van der Waals surface area contributed by atoms with Gasteiger partial charge in [-0.25, -0.2) is 4.98 Å². The Kier molecular flexibility index (Phi) is 3.44. The molecule has 0 amide bonds. The van der Waals surface area contributed by atoms with Crippen LogP contribution in [0.2, 0.25) is 0 Å². The highest BCUT2D eigenvalue weighted by atomic mass is 16.5. The third-order valence-corrected chi connectivity index (χ3v) is 2.43. The monoisotopic (exact) mass is 232 g/mol. The standard InChI is InChI=1S/C13H16N2O2/c1-3-16-11-5-4-9(2)6-10(11)12-8-15-13(7-14)17-12/h4-6,8H,3,7,14H2,1-2H3. The quantitative estimate of drug-likeness (QED) is 0.879. The number of rotatable bonds is 4. The first-order valence-electron chi connectivity index (χ1n) is 5.63. The van der Waals surface area contributed by atoms with E-state index in [9.17, 15) is 0 Å². The minimum atomic E-state index is 0.301. The molecule has 0 saturated carbocycles. The highest BCUT2D eigenvalue weighted by Crippen LogP contribution is 2.31. The average molecular weight is 232 g/mol. The van der Waals surface area contributed by atoms with E-state index in [1.807, 2.05) is 32.0 Å². The molecule has 0 aliphatic rings. The van der Waals surface area contributed by atoms with E-state index < -0.39 is 0 Å². The number of hydrogen-bond donors (Lipinski definition) is 1. The maximum atomic E-state index is 5.57. The fourth-order valence-electron chi connectivity index (χ4n) is 1.65. The lowest BCUT2D eigenvalue weighted by Gasteiger charge is -2.08. The number of benzene rings is 1. The maximum absolute atomic E-state index is 5.57. The van der Waals surface area contributed by atoms with Crippen molar-refractivity contribution in [3.8, 4) is 17.1 Å². The second-order valence-electron chi connectivity index (χ2n) is 3.76. The van der Waals surface area contributed by atoms with E-state index in [0.717, 1.165) is 16.9 Å². The summed E-state index contributed by atoms with van der Waals surface area (Å²) < 4.78 is 11.1. The third kappa shape index (κ3) is 2.47. The molecule has 0 spiro atoms. The van der Waals surface area contributed by atoms with Crippen molar-refractivity contribution in [1.29, 1.82) is 0 Å². The van der Waals surface area contributed by atoms with Crippen LogP contribution in [0, 0.1) is 6.92 Å². The molecule has 0 aliphatic carbocycles. The van der Waals surface area contributed by atoms with Crippen molar-refractivity contribution in [2.75, 3.05) is 6.61 Å². The molecule has 1 heterocycles.